The molecular weight excluding hydrogens is 448 g/mol. The van der Waals surface area contributed by atoms with Crippen LogP contribution in [0.15, 0.2) is 77.7 Å². The van der Waals surface area contributed by atoms with Crippen LogP contribution in [0.5, 0.6) is 0 Å². The van der Waals surface area contributed by atoms with Gasteiger partial charge in [-0.15, -0.1) is 0 Å². The maximum absolute atomic E-state index is 12.6. The van der Waals surface area contributed by atoms with Crippen LogP contribution in [0.3, 0.4) is 0 Å². The Kier molecular flexibility index (Phi) is 6.88. The van der Waals surface area contributed by atoms with E-state index in [1.54, 1.807) is 12.1 Å². The zero-order chi connectivity index (χ0) is 24.2. The van der Waals surface area contributed by atoms with Crippen LogP contribution in [-0.2, 0) is 19.4 Å². The number of nitrogens with zero attached hydrogens (tertiary/aromatic N) is 1. The molecule has 3 rings (SSSR count). The van der Waals surface area contributed by atoms with Crippen molar-refractivity contribution in [1.82, 2.24) is 0 Å². The number of rotatable bonds is 7. The predicted octanol–water partition coefficient (Wildman–Crippen LogP) is 3.85. The molecule has 0 saturated carbocycles. The summed E-state index contributed by atoms with van der Waals surface area (Å²) >= 11 is 0. The van der Waals surface area contributed by atoms with Crippen LogP contribution in [-0.4, -0.2) is 37.6 Å². The van der Waals surface area contributed by atoms with Gasteiger partial charge in [0, 0.05) is 23.6 Å². The molecule has 10 heteroatoms. The molecule has 170 valence electrons. The average Bonchev–Trinajstić information content (AvgIpc) is 2.78. The van der Waals surface area contributed by atoms with Crippen molar-refractivity contribution in [3.05, 3.63) is 88.5 Å². The average molecular weight is 468 g/mol. The third kappa shape index (κ3) is 5.60. The highest BCUT2D eigenvalue weighted by atomic mass is 32.2. The van der Waals surface area contributed by atoms with Crippen molar-refractivity contribution in [2.45, 2.75) is 17.9 Å². The fraction of sp³-hybridized carbons (Fsp3) is 0.130. The first-order chi connectivity index (χ1) is 15.6. The van der Waals surface area contributed by atoms with Crippen LogP contribution in [0.2, 0.25) is 0 Å². The summed E-state index contributed by atoms with van der Waals surface area (Å²) in [5.41, 5.74) is 1.18. The number of carbonyl (C=O) groups is 2. The van der Waals surface area contributed by atoms with E-state index in [1.165, 1.54) is 6.92 Å². The lowest BCUT2D eigenvalue weighted by atomic mass is 10.0. The number of ether oxygens (including phenoxy) is 1. The van der Waals surface area contributed by atoms with Crippen LogP contribution >= 0.6 is 0 Å². The Bertz CT molecular complexity index is 1320. The van der Waals surface area contributed by atoms with E-state index < -0.39 is 43.3 Å². The molecule has 0 fully saturated rings. The van der Waals surface area contributed by atoms with E-state index in [0.717, 1.165) is 35.6 Å². The first-order valence-corrected chi connectivity index (χ1v) is 11.6. The molecule has 1 atom stereocenters. The molecule has 0 saturated heterocycles. The topological polar surface area (TPSA) is 133 Å². The van der Waals surface area contributed by atoms with Crippen molar-refractivity contribution in [2.75, 3.05) is 11.6 Å². The SMILES string of the molecule is C[C@H](OC(=O)c1ccc(S(C)(=O)=O)c([N+](=O)[O-])c1)C(=O)Nc1ccccc1-c1ccccc1. The monoisotopic (exact) mass is 468 g/mol. The predicted molar refractivity (Wildman–Crippen MR) is 122 cm³/mol. The molecule has 0 radical (unpaired) electrons. The van der Waals surface area contributed by atoms with Gasteiger partial charge >= 0.3 is 5.97 Å². The normalized spacial score (nSPS) is 11.9. The van der Waals surface area contributed by atoms with E-state index in [4.69, 9.17) is 4.74 Å². The number of nitro groups is 1. The molecule has 0 aliphatic rings. The minimum Gasteiger partial charge on any atom is -0.449 e. The highest BCUT2D eigenvalue weighted by Crippen LogP contribution is 2.28. The molecule has 33 heavy (non-hydrogen) atoms. The maximum atomic E-state index is 12.6. The van der Waals surface area contributed by atoms with Gasteiger partial charge < -0.3 is 10.1 Å². The van der Waals surface area contributed by atoms with E-state index >= 15 is 0 Å². The zero-order valence-electron chi connectivity index (χ0n) is 17.7. The molecular formula is C23H20N2O7S. The number of hydrogen-bond acceptors (Lipinski definition) is 7. The summed E-state index contributed by atoms with van der Waals surface area (Å²) in [5, 5.41) is 14.0. The van der Waals surface area contributed by atoms with Crippen molar-refractivity contribution in [3.63, 3.8) is 0 Å². The molecule has 0 spiro atoms. The Labute approximate surface area is 190 Å². The fourth-order valence-corrected chi connectivity index (χ4v) is 3.91. The van der Waals surface area contributed by atoms with Crippen molar-refractivity contribution >= 4 is 33.1 Å². The lowest BCUT2D eigenvalue weighted by molar-refractivity contribution is -0.387. The van der Waals surface area contributed by atoms with E-state index in [2.05, 4.69) is 5.32 Å². The summed E-state index contributed by atoms with van der Waals surface area (Å²) in [6.07, 6.45) is -0.400. The number of amides is 1. The second-order valence-corrected chi connectivity index (χ2v) is 9.14. The smallest absolute Gasteiger partial charge is 0.339 e. The van der Waals surface area contributed by atoms with Gasteiger partial charge in [0.15, 0.2) is 15.9 Å². The van der Waals surface area contributed by atoms with Gasteiger partial charge in [-0.1, -0.05) is 48.5 Å². The standard InChI is InChI=1S/C23H20N2O7S/c1-15(22(26)24-19-11-7-6-10-18(19)16-8-4-3-5-9-16)32-23(27)17-12-13-21(33(2,30)31)20(14-17)25(28)29/h3-15H,1-2H3,(H,24,26)/t15-/m0/s1. The zero-order valence-corrected chi connectivity index (χ0v) is 18.5. The minimum absolute atomic E-state index is 0.251. The second kappa shape index (κ2) is 9.61. The van der Waals surface area contributed by atoms with E-state index in [0.29, 0.717) is 5.69 Å². The number of nitrogens with one attached hydrogen (secondary N) is 1. The van der Waals surface area contributed by atoms with Gasteiger partial charge in [-0.25, -0.2) is 13.2 Å². The number of hydrogen-bond donors (Lipinski definition) is 1. The van der Waals surface area contributed by atoms with Crippen LogP contribution < -0.4 is 5.32 Å². The van der Waals surface area contributed by atoms with Gasteiger partial charge in [-0.3, -0.25) is 14.9 Å². The summed E-state index contributed by atoms with van der Waals surface area (Å²) in [4.78, 5) is 34.9. The number of para-hydroxylation sites is 1. The molecule has 1 amide bonds. The van der Waals surface area contributed by atoms with E-state index in [1.807, 2.05) is 42.5 Å². The lowest BCUT2D eigenvalue weighted by Crippen LogP contribution is -2.30. The van der Waals surface area contributed by atoms with Gasteiger partial charge in [-0.05, 0) is 30.7 Å². The summed E-state index contributed by atoms with van der Waals surface area (Å²) < 4.78 is 28.6. The number of anilines is 1. The van der Waals surface area contributed by atoms with Gasteiger partial charge in [0.05, 0.1) is 10.5 Å². The largest absolute Gasteiger partial charge is 0.449 e. The van der Waals surface area contributed by atoms with Gasteiger partial charge in [0.2, 0.25) is 0 Å². The molecule has 0 heterocycles. The molecule has 0 aromatic heterocycles. The van der Waals surface area contributed by atoms with Crippen molar-refractivity contribution in [3.8, 4) is 11.1 Å². The summed E-state index contributed by atoms with van der Waals surface area (Å²) in [7, 11) is -3.88. The Morgan fingerprint density at radius 2 is 1.64 bits per heavy atom. The van der Waals surface area contributed by atoms with Gasteiger partial charge in [-0.2, -0.15) is 0 Å². The Morgan fingerprint density at radius 1 is 1.00 bits per heavy atom. The summed E-state index contributed by atoms with van der Waals surface area (Å²) in [5.74, 6) is -1.61. The van der Waals surface area contributed by atoms with E-state index in [9.17, 15) is 28.1 Å². The summed E-state index contributed by atoms with van der Waals surface area (Å²) in [6, 6.07) is 19.4. The number of sulfone groups is 1. The van der Waals surface area contributed by atoms with Gasteiger partial charge in [0.25, 0.3) is 11.6 Å². The number of esters is 1. The molecule has 0 unspecified atom stereocenters. The van der Waals surface area contributed by atoms with E-state index in [-0.39, 0.29) is 5.56 Å². The number of nitro benzene ring substituents is 1. The molecule has 3 aromatic carbocycles. The highest BCUT2D eigenvalue weighted by Gasteiger charge is 2.26. The van der Waals surface area contributed by atoms with Crippen molar-refractivity contribution in [1.29, 1.82) is 0 Å². The second-order valence-electron chi connectivity index (χ2n) is 7.16. The van der Waals surface area contributed by atoms with Crippen LogP contribution in [0.4, 0.5) is 11.4 Å². The molecule has 0 aliphatic heterocycles. The first kappa shape index (κ1) is 23.6. The van der Waals surface area contributed by atoms with Crippen molar-refractivity contribution < 1.29 is 27.7 Å². The fourth-order valence-electron chi connectivity index (χ4n) is 3.08. The van der Waals surface area contributed by atoms with Crippen LogP contribution in [0.1, 0.15) is 17.3 Å². The molecule has 3 aromatic rings. The van der Waals surface area contributed by atoms with Gasteiger partial charge in [0.1, 0.15) is 4.90 Å². The van der Waals surface area contributed by atoms with Crippen LogP contribution in [0, 0.1) is 10.1 Å². The Hall–Kier alpha value is -4.05. The number of carbonyl (C=O) groups excluding carboxylic acids is 2. The summed E-state index contributed by atoms with van der Waals surface area (Å²) in [6.45, 7) is 1.36. The van der Waals surface area contributed by atoms with Crippen LogP contribution in [0.25, 0.3) is 11.1 Å². The molecule has 9 nitrogen and oxygen atoms in total. The molecule has 0 aliphatic carbocycles. The Balaban J connectivity index is 1.77. The number of benzene rings is 3. The quantitative estimate of drug-likeness (QED) is 0.316. The third-order valence-corrected chi connectivity index (χ3v) is 5.86. The maximum Gasteiger partial charge on any atom is 0.339 e. The third-order valence-electron chi connectivity index (χ3n) is 4.71. The lowest BCUT2D eigenvalue weighted by Gasteiger charge is -2.16. The Morgan fingerprint density at radius 3 is 2.27 bits per heavy atom. The molecule has 1 N–H and O–H groups in total. The van der Waals surface area contributed by atoms with Crippen molar-refractivity contribution in [2.24, 2.45) is 0 Å². The minimum atomic E-state index is -3.88. The highest BCUT2D eigenvalue weighted by molar-refractivity contribution is 7.90. The molecule has 0 bridgehead atoms. The first-order valence-electron chi connectivity index (χ1n) is 9.72.